The summed E-state index contributed by atoms with van der Waals surface area (Å²) in [7, 11) is 0. The van der Waals surface area contributed by atoms with Crippen LogP contribution in [-0.2, 0) is 17.5 Å². The van der Waals surface area contributed by atoms with E-state index in [0.717, 1.165) is 22.8 Å². The Balaban J connectivity index is 0.00000506. The monoisotopic (exact) mass is 630 g/mol. The highest BCUT2D eigenvalue weighted by Crippen LogP contribution is 2.37. The van der Waals surface area contributed by atoms with E-state index in [2.05, 4.69) is 29.2 Å². The highest BCUT2D eigenvalue weighted by molar-refractivity contribution is 6.32. The summed E-state index contributed by atoms with van der Waals surface area (Å²) in [5, 5.41) is -0.275. The van der Waals surface area contributed by atoms with Crippen LogP contribution in [0.15, 0.2) is 103 Å². The van der Waals surface area contributed by atoms with Crippen molar-refractivity contribution < 1.29 is 22.7 Å². The number of amides is 1. The minimum Gasteiger partial charge on any atom is -0.494 e. The number of ether oxygens (including phenoxy) is 1. The largest absolute Gasteiger partial charge is 0.494 e. The average molecular weight is 632 g/mol. The fraction of sp³-hybridized carbons (Fsp3) is 0.265. The molecular formula is C34H35Cl2F3N2O2. The summed E-state index contributed by atoms with van der Waals surface area (Å²) in [6.45, 7) is 3.48. The number of carbonyl (C=O) groups excluding carboxylic acids is 1. The van der Waals surface area contributed by atoms with Crippen LogP contribution in [0.5, 0.6) is 5.75 Å². The molecule has 0 aliphatic carbocycles. The van der Waals surface area contributed by atoms with Crippen molar-refractivity contribution in [2.75, 3.05) is 19.7 Å². The third-order valence-electron chi connectivity index (χ3n) is 7.29. The smallest absolute Gasteiger partial charge is 0.417 e. The van der Waals surface area contributed by atoms with Gasteiger partial charge in [-0.2, -0.15) is 13.2 Å². The number of hydrogen-bond acceptors (Lipinski definition) is 3. The lowest BCUT2D eigenvalue weighted by Crippen LogP contribution is -2.31. The first-order chi connectivity index (χ1) is 20.1. The molecule has 1 atom stereocenters. The molecule has 9 heteroatoms. The standard InChI is InChI=1S/C34H34ClF3N2O2.ClH/c1-24(33(39)41)27-15-8-17-29(21-27)42-20-10-19-40(22-28-16-9-18-31(32(28)35)34(36,37)38)23-30(25-11-4-2-5-12-25)26-13-6-3-7-14-26;/h2-9,11-18,21,24,30H,10,19-20,22-23H2,1H3,(H2,39,41);1H. The first-order valence-corrected chi connectivity index (χ1v) is 14.2. The number of carbonyl (C=O) groups is 1. The highest BCUT2D eigenvalue weighted by atomic mass is 35.5. The SMILES string of the molecule is CC(C(N)=O)c1cccc(OCCCN(Cc2cccc(C(F)(F)F)c2Cl)CC(c2ccccc2)c2ccccc2)c1.Cl. The van der Waals surface area contributed by atoms with Crippen molar-refractivity contribution in [3.05, 3.63) is 136 Å². The van der Waals surface area contributed by atoms with Gasteiger partial charge in [-0.15, -0.1) is 12.4 Å². The van der Waals surface area contributed by atoms with Gasteiger partial charge in [0, 0.05) is 25.6 Å². The van der Waals surface area contributed by atoms with Crippen molar-refractivity contribution in [1.29, 1.82) is 0 Å². The van der Waals surface area contributed by atoms with Crippen molar-refractivity contribution >= 4 is 29.9 Å². The van der Waals surface area contributed by atoms with Crippen molar-refractivity contribution in [2.24, 2.45) is 5.73 Å². The minimum absolute atomic E-state index is 0. The van der Waals surface area contributed by atoms with Gasteiger partial charge in [0.15, 0.2) is 0 Å². The fourth-order valence-corrected chi connectivity index (χ4v) is 5.24. The summed E-state index contributed by atoms with van der Waals surface area (Å²) in [6, 6.07) is 31.4. The normalized spacial score (nSPS) is 12.2. The quantitative estimate of drug-likeness (QED) is 0.151. The number of hydrogen-bond donors (Lipinski definition) is 1. The second-order valence-corrected chi connectivity index (χ2v) is 10.7. The van der Waals surface area contributed by atoms with E-state index in [9.17, 15) is 18.0 Å². The molecule has 0 spiro atoms. The van der Waals surface area contributed by atoms with Crippen LogP contribution in [0.1, 0.15) is 53.0 Å². The van der Waals surface area contributed by atoms with E-state index in [4.69, 9.17) is 22.1 Å². The van der Waals surface area contributed by atoms with Crippen LogP contribution in [0, 0.1) is 0 Å². The molecule has 43 heavy (non-hydrogen) atoms. The first kappa shape index (κ1) is 34.0. The third-order valence-corrected chi connectivity index (χ3v) is 7.74. The average Bonchev–Trinajstić information content (AvgIpc) is 2.98. The van der Waals surface area contributed by atoms with Gasteiger partial charge in [0.25, 0.3) is 0 Å². The predicted octanol–water partition coefficient (Wildman–Crippen LogP) is 8.47. The summed E-state index contributed by atoms with van der Waals surface area (Å²) >= 11 is 6.31. The van der Waals surface area contributed by atoms with Crippen LogP contribution in [0.3, 0.4) is 0 Å². The fourth-order valence-electron chi connectivity index (χ4n) is 4.94. The van der Waals surface area contributed by atoms with Crippen LogP contribution in [0.2, 0.25) is 5.02 Å². The number of nitrogens with two attached hydrogens (primary N) is 1. The number of primary amides is 1. The predicted molar refractivity (Wildman–Crippen MR) is 168 cm³/mol. The van der Waals surface area contributed by atoms with Crippen molar-refractivity contribution in [3.63, 3.8) is 0 Å². The Morgan fingerprint density at radius 3 is 2.05 bits per heavy atom. The zero-order valence-corrected chi connectivity index (χ0v) is 25.3. The molecule has 0 aliphatic heterocycles. The number of alkyl halides is 3. The topological polar surface area (TPSA) is 55.6 Å². The molecule has 0 aliphatic rings. The molecule has 228 valence electrons. The maximum atomic E-state index is 13.6. The zero-order valence-electron chi connectivity index (χ0n) is 23.8. The Morgan fingerprint density at radius 2 is 1.47 bits per heavy atom. The molecule has 1 amide bonds. The maximum absolute atomic E-state index is 13.6. The molecule has 0 radical (unpaired) electrons. The summed E-state index contributed by atoms with van der Waals surface area (Å²) in [5.41, 5.74) is 8.02. The van der Waals surface area contributed by atoms with Gasteiger partial charge in [-0.1, -0.05) is 96.5 Å². The Hall–Kier alpha value is -3.52. The molecule has 4 aromatic carbocycles. The number of nitrogens with zero attached hydrogens (tertiary/aromatic N) is 1. The lowest BCUT2D eigenvalue weighted by atomic mass is 9.90. The summed E-state index contributed by atoms with van der Waals surface area (Å²) < 4.78 is 46.8. The lowest BCUT2D eigenvalue weighted by Gasteiger charge is -2.29. The lowest BCUT2D eigenvalue weighted by molar-refractivity contribution is -0.137. The number of halogens is 5. The van der Waals surface area contributed by atoms with Gasteiger partial charge < -0.3 is 10.5 Å². The molecule has 2 N–H and O–H groups in total. The van der Waals surface area contributed by atoms with Gasteiger partial charge in [-0.3, -0.25) is 9.69 Å². The van der Waals surface area contributed by atoms with Gasteiger partial charge in [0.2, 0.25) is 5.91 Å². The van der Waals surface area contributed by atoms with E-state index >= 15 is 0 Å². The van der Waals surface area contributed by atoms with Crippen LogP contribution < -0.4 is 10.5 Å². The third kappa shape index (κ3) is 9.48. The molecule has 1 unspecified atom stereocenters. The Kier molecular flexibility index (Phi) is 12.5. The van der Waals surface area contributed by atoms with Crippen molar-refractivity contribution in [1.82, 2.24) is 4.90 Å². The molecule has 0 fully saturated rings. The van der Waals surface area contributed by atoms with Crippen LogP contribution in [-0.4, -0.2) is 30.5 Å². The van der Waals surface area contributed by atoms with Crippen molar-refractivity contribution in [2.45, 2.75) is 37.9 Å². The molecule has 0 saturated carbocycles. The Bertz CT molecular complexity index is 1410. The van der Waals surface area contributed by atoms with Gasteiger partial charge >= 0.3 is 6.18 Å². The summed E-state index contributed by atoms with van der Waals surface area (Å²) in [5.74, 6) is -0.235. The highest BCUT2D eigenvalue weighted by Gasteiger charge is 2.34. The van der Waals surface area contributed by atoms with Gasteiger partial charge in [0.1, 0.15) is 5.75 Å². The second kappa shape index (κ2) is 15.8. The summed E-state index contributed by atoms with van der Waals surface area (Å²) in [4.78, 5) is 13.7. The number of benzene rings is 4. The molecule has 4 nitrogen and oxygen atoms in total. The van der Waals surface area contributed by atoms with Crippen LogP contribution in [0.25, 0.3) is 0 Å². The first-order valence-electron chi connectivity index (χ1n) is 13.8. The van der Waals surface area contributed by atoms with E-state index in [1.807, 2.05) is 54.6 Å². The maximum Gasteiger partial charge on any atom is 0.417 e. The molecule has 0 saturated heterocycles. The van der Waals surface area contributed by atoms with Crippen molar-refractivity contribution in [3.8, 4) is 5.75 Å². The minimum atomic E-state index is -4.54. The zero-order chi connectivity index (χ0) is 30.1. The van der Waals surface area contributed by atoms with Gasteiger partial charge in [0.05, 0.1) is 23.1 Å². The molecule has 0 heterocycles. The van der Waals surface area contributed by atoms with E-state index < -0.39 is 23.6 Å². The Labute approximate surface area is 262 Å². The van der Waals surface area contributed by atoms with E-state index in [1.165, 1.54) is 6.07 Å². The van der Waals surface area contributed by atoms with Gasteiger partial charge in [-0.05, 0) is 53.8 Å². The molecule has 4 aromatic rings. The van der Waals surface area contributed by atoms with Crippen LogP contribution >= 0.6 is 24.0 Å². The van der Waals surface area contributed by atoms with E-state index in [-0.39, 0.29) is 29.9 Å². The van der Waals surface area contributed by atoms with Gasteiger partial charge in [-0.25, -0.2) is 0 Å². The molecule has 0 aromatic heterocycles. The number of rotatable bonds is 13. The van der Waals surface area contributed by atoms with Crippen LogP contribution in [0.4, 0.5) is 13.2 Å². The summed E-state index contributed by atoms with van der Waals surface area (Å²) in [6.07, 6.45) is -3.93. The molecule has 0 bridgehead atoms. The molecule has 4 rings (SSSR count). The Morgan fingerprint density at radius 1 is 0.884 bits per heavy atom. The second-order valence-electron chi connectivity index (χ2n) is 10.3. The van der Waals surface area contributed by atoms with E-state index in [1.54, 1.807) is 19.1 Å². The molecular weight excluding hydrogens is 596 g/mol. The van der Waals surface area contributed by atoms with E-state index in [0.29, 0.717) is 37.4 Å².